The van der Waals surface area contributed by atoms with Crippen LogP contribution in [0.3, 0.4) is 0 Å². The number of carbonyl (C=O) groups excluding carboxylic acids is 1. The van der Waals surface area contributed by atoms with Gasteiger partial charge in [0.1, 0.15) is 5.82 Å². The molecule has 1 saturated heterocycles. The number of amides is 1. The largest absolute Gasteiger partial charge is 0.378 e. The van der Waals surface area contributed by atoms with Gasteiger partial charge in [0, 0.05) is 25.8 Å². The molecule has 0 radical (unpaired) electrons. The van der Waals surface area contributed by atoms with E-state index in [1.54, 1.807) is 13.2 Å². The van der Waals surface area contributed by atoms with Crippen molar-refractivity contribution < 1.29 is 18.7 Å². The number of fused-ring (bicyclic) bond motifs is 1. The standard InChI is InChI=1S/C21H28FNO3/c1-14-3-6-16(22)11-18(14)20(24)23-10-9-21(25-2)8-7-17(12-19(21)23)26-13-15-4-5-15/h3,6,11,15,17,19H,4-5,7-10,12-13H2,1-2H3/t17-,19-,21+/m0/s1. The molecule has 0 N–H and O–H groups in total. The molecule has 0 aromatic heterocycles. The van der Waals surface area contributed by atoms with Crippen LogP contribution in [0.4, 0.5) is 4.39 Å². The van der Waals surface area contributed by atoms with Crippen molar-refractivity contribution in [3.8, 4) is 0 Å². The van der Waals surface area contributed by atoms with Crippen molar-refractivity contribution in [2.75, 3.05) is 20.3 Å². The number of benzene rings is 1. The Balaban J connectivity index is 1.53. The van der Waals surface area contributed by atoms with Crippen molar-refractivity contribution in [2.24, 2.45) is 5.92 Å². The fourth-order valence-electron chi connectivity index (χ4n) is 4.59. The molecule has 26 heavy (non-hydrogen) atoms. The number of methoxy groups -OCH3 is 1. The predicted octanol–water partition coefficient (Wildman–Crippen LogP) is 3.71. The third kappa shape index (κ3) is 3.27. The Kier molecular flexibility index (Phi) is 4.78. The van der Waals surface area contributed by atoms with Crippen LogP contribution in [0.25, 0.3) is 0 Å². The second-order valence-corrected chi connectivity index (χ2v) is 8.17. The van der Waals surface area contributed by atoms with Gasteiger partial charge in [0.15, 0.2) is 0 Å². The highest BCUT2D eigenvalue weighted by atomic mass is 19.1. The summed E-state index contributed by atoms with van der Waals surface area (Å²) in [6.07, 6.45) is 6.28. The van der Waals surface area contributed by atoms with E-state index in [-0.39, 0.29) is 29.5 Å². The van der Waals surface area contributed by atoms with Crippen LogP contribution < -0.4 is 0 Å². The van der Waals surface area contributed by atoms with E-state index in [2.05, 4.69) is 0 Å². The van der Waals surface area contributed by atoms with Crippen LogP contribution in [-0.2, 0) is 9.47 Å². The summed E-state index contributed by atoms with van der Waals surface area (Å²) in [5.74, 6) is 0.277. The maximum atomic E-state index is 13.7. The zero-order valence-corrected chi connectivity index (χ0v) is 15.7. The molecule has 0 bridgehead atoms. The average Bonchev–Trinajstić information content (AvgIpc) is 3.40. The first-order valence-electron chi connectivity index (χ1n) is 9.76. The summed E-state index contributed by atoms with van der Waals surface area (Å²) in [4.78, 5) is 15.1. The number of nitrogens with zero attached hydrogens (tertiary/aromatic N) is 1. The van der Waals surface area contributed by atoms with Crippen molar-refractivity contribution in [3.05, 3.63) is 35.1 Å². The number of hydrogen-bond donors (Lipinski definition) is 0. The molecule has 1 aromatic rings. The van der Waals surface area contributed by atoms with Crippen molar-refractivity contribution in [1.82, 2.24) is 4.90 Å². The Morgan fingerprint density at radius 1 is 1.31 bits per heavy atom. The van der Waals surface area contributed by atoms with Gasteiger partial charge in [0.25, 0.3) is 5.91 Å². The quantitative estimate of drug-likeness (QED) is 0.802. The summed E-state index contributed by atoms with van der Waals surface area (Å²) in [5, 5.41) is 0. The van der Waals surface area contributed by atoms with Gasteiger partial charge < -0.3 is 14.4 Å². The molecule has 4 nitrogen and oxygen atoms in total. The van der Waals surface area contributed by atoms with E-state index >= 15 is 0 Å². The predicted molar refractivity (Wildman–Crippen MR) is 96.6 cm³/mol. The smallest absolute Gasteiger partial charge is 0.254 e. The van der Waals surface area contributed by atoms with Crippen LogP contribution in [0, 0.1) is 18.7 Å². The molecule has 1 aromatic carbocycles. The minimum Gasteiger partial charge on any atom is -0.378 e. The molecule has 142 valence electrons. The van der Waals surface area contributed by atoms with E-state index in [4.69, 9.17) is 9.47 Å². The Morgan fingerprint density at radius 3 is 2.85 bits per heavy atom. The summed E-state index contributed by atoms with van der Waals surface area (Å²) in [7, 11) is 1.75. The maximum absolute atomic E-state index is 13.7. The van der Waals surface area contributed by atoms with E-state index in [0.717, 1.165) is 43.8 Å². The van der Waals surface area contributed by atoms with E-state index in [1.807, 2.05) is 11.8 Å². The fraction of sp³-hybridized carbons (Fsp3) is 0.667. The first-order chi connectivity index (χ1) is 12.5. The van der Waals surface area contributed by atoms with Crippen molar-refractivity contribution >= 4 is 5.91 Å². The summed E-state index contributed by atoms with van der Waals surface area (Å²) in [5.41, 5.74) is 0.984. The van der Waals surface area contributed by atoms with Gasteiger partial charge in [-0.05, 0) is 69.1 Å². The number of rotatable bonds is 5. The number of halogens is 1. The summed E-state index contributed by atoms with van der Waals surface area (Å²) in [6, 6.07) is 4.43. The van der Waals surface area contributed by atoms with Crippen LogP contribution in [-0.4, -0.2) is 48.8 Å². The molecular formula is C21H28FNO3. The lowest BCUT2D eigenvalue weighted by Gasteiger charge is -2.43. The number of ether oxygens (including phenoxy) is 2. The highest BCUT2D eigenvalue weighted by Gasteiger charge is 2.53. The third-order valence-electron chi connectivity index (χ3n) is 6.50. The zero-order chi connectivity index (χ0) is 18.3. The normalized spacial score (nSPS) is 31.1. The number of aryl methyl sites for hydroxylation is 1. The minimum atomic E-state index is -0.370. The lowest BCUT2D eigenvalue weighted by Crippen LogP contribution is -2.53. The van der Waals surface area contributed by atoms with Gasteiger partial charge in [-0.3, -0.25) is 4.79 Å². The molecule has 2 saturated carbocycles. The molecule has 2 aliphatic carbocycles. The van der Waals surface area contributed by atoms with Gasteiger partial charge in [-0.2, -0.15) is 0 Å². The maximum Gasteiger partial charge on any atom is 0.254 e. The molecule has 0 spiro atoms. The monoisotopic (exact) mass is 361 g/mol. The first kappa shape index (κ1) is 17.9. The van der Waals surface area contributed by atoms with Crippen LogP contribution in [0.1, 0.15) is 54.4 Å². The molecule has 5 heteroatoms. The van der Waals surface area contributed by atoms with Gasteiger partial charge in [-0.1, -0.05) is 6.07 Å². The second kappa shape index (κ2) is 6.93. The molecule has 1 aliphatic heterocycles. The molecule has 3 fully saturated rings. The zero-order valence-electron chi connectivity index (χ0n) is 15.7. The van der Waals surface area contributed by atoms with Gasteiger partial charge in [-0.25, -0.2) is 4.39 Å². The molecule has 3 atom stereocenters. The molecular weight excluding hydrogens is 333 g/mol. The van der Waals surface area contributed by atoms with Crippen molar-refractivity contribution in [3.63, 3.8) is 0 Å². The summed E-state index contributed by atoms with van der Waals surface area (Å²) >= 11 is 0. The Labute approximate surface area is 154 Å². The highest BCUT2D eigenvalue weighted by Crippen LogP contribution is 2.44. The van der Waals surface area contributed by atoms with E-state index in [0.29, 0.717) is 12.1 Å². The van der Waals surface area contributed by atoms with E-state index in [9.17, 15) is 9.18 Å². The van der Waals surface area contributed by atoms with Crippen molar-refractivity contribution in [2.45, 2.75) is 63.2 Å². The first-order valence-corrected chi connectivity index (χ1v) is 9.76. The van der Waals surface area contributed by atoms with E-state index in [1.165, 1.54) is 25.0 Å². The topological polar surface area (TPSA) is 38.8 Å². The van der Waals surface area contributed by atoms with E-state index < -0.39 is 0 Å². The molecule has 0 unspecified atom stereocenters. The Hall–Kier alpha value is -1.46. The van der Waals surface area contributed by atoms with Crippen LogP contribution in [0.15, 0.2) is 18.2 Å². The van der Waals surface area contributed by atoms with Crippen LogP contribution in [0.5, 0.6) is 0 Å². The molecule has 3 aliphatic rings. The number of likely N-dealkylation sites (tertiary alicyclic amines) is 1. The Morgan fingerprint density at radius 2 is 2.12 bits per heavy atom. The minimum absolute atomic E-state index is 0.000574. The lowest BCUT2D eigenvalue weighted by atomic mass is 9.79. The second-order valence-electron chi connectivity index (χ2n) is 8.17. The summed E-state index contributed by atoms with van der Waals surface area (Å²) < 4.78 is 25.8. The highest BCUT2D eigenvalue weighted by molar-refractivity contribution is 5.96. The molecule has 4 rings (SSSR count). The number of carbonyl (C=O) groups is 1. The lowest BCUT2D eigenvalue weighted by molar-refractivity contribution is -0.0977. The van der Waals surface area contributed by atoms with Crippen molar-refractivity contribution in [1.29, 1.82) is 0 Å². The van der Waals surface area contributed by atoms with Gasteiger partial charge in [0.05, 0.1) is 17.7 Å². The summed E-state index contributed by atoms with van der Waals surface area (Å²) in [6.45, 7) is 3.35. The van der Waals surface area contributed by atoms with Gasteiger partial charge in [-0.15, -0.1) is 0 Å². The fourth-order valence-corrected chi connectivity index (χ4v) is 4.59. The average molecular weight is 361 g/mol. The van der Waals surface area contributed by atoms with Gasteiger partial charge >= 0.3 is 0 Å². The molecule has 1 heterocycles. The van der Waals surface area contributed by atoms with Gasteiger partial charge in [0.2, 0.25) is 0 Å². The number of hydrogen-bond acceptors (Lipinski definition) is 3. The SMILES string of the molecule is CO[C@@]12CC[C@H](OCC3CC3)C[C@@H]1N(C(=O)c1cc(F)ccc1C)CC2. The van der Waals surface area contributed by atoms with Crippen LogP contribution in [0.2, 0.25) is 0 Å². The third-order valence-corrected chi connectivity index (χ3v) is 6.50. The van der Waals surface area contributed by atoms with Crippen LogP contribution >= 0.6 is 0 Å². The molecule has 1 amide bonds. The Bertz CT molecular complexity index is 690.